The third-order valence-electron chi connectivity index (χ3n) is 3.58. The molecule has 1 aromatic rings. The van der Waals surface area contributed by atoms with E-state index in [2.05, 4.69) is 42.3 Å². The number of hydrogen-bond donors (Lipinski definition) is 1. The summed E-state index contributed by atoms with van der Waals surface area (Å²) in [6.45, 7) is 19.1. The van der Waals surface area contributed by atoms with Crippen molar-refractivity contribution < 1.29 is 0 Å². The maximum absolute atomic E-state index is 12.5. The third kappa shape index (κ3) is 5.49. The second-order valence-corrected chi connectivity index (χ2v) is 6.05. The standard InChI is InChI=1S/C17H29N5O2/c1-7-20(8-2)10-9-18-15-16(23)21(11-13(3)4)17(24)22(19-15)12-14(5)6/h3,5,7-12H2,1-2,4,6H3,(H,18,19). The number of anilines is 1. The average molecular weight is 335 g/mol. The van der Waals surface area contributed by atoms with Crippen molar-refractivity contribution in [1.82, 2.24) is 19.2 Å². The van der Waals surface area contributed by atoms with Crippen LogP contribution in [-0.2, 0) is 13.1 Å². The molecule has 0 radical (unpaired) electrons. The third-order valence-corrected chi connectivity index (χ3v) is 3.58. The minimum atomic E-state index is -0.444. The van der Waals surface area contributed by atoms with E-state index in [-0.39, 0.29) is 18.9 Å². The topological polar surface area (TPSA) is 72.2 Å². The molecule has 7 heteroatoms. The molecule has 1 heterocycles. The Hall–Kier alpha value is -2.15. The molecular weight excluding hydrogens is 306 g/mol. The van der Waals surface area contributed by atoms with Crippen molar-refractivity contribution in [2.24, 2.45) is 0 Å². The lowest BCUT2D eigenvalue weighted by atomic mass is 10.3. The van der Waals surface area contributed by atoms with Gasteiger partial charge in [-0.05, 0) is 26.9 Å². The van der Waals surface area contributed by atoms with Crippen molar-refractivity contribution in [1.29, 1.82) is 0 Å². The molecule has 24 heavy (non-hydrogen) atoms. The lowest BCUT2D eigenvalue weighted by Crippen LogP contribution is -2.43. The van der Waals surface area contributed by atoms with E-state index in [0.717, 1.165) is 35.3 Å². The number of nitrogens with zero attached hydrogens (tertiary/aromatic N) is 4. The van der Waals surface area contributed by atoms with Crippen LogP contribution in [0, 0.1) is 0 Å². The molecule has 1 aromatic heterocycles. The summed E-state index contributed by atoms with van der Waals surface area (Å²) in [5.74, 6) is 0.184. The van der Waals surface area contributed by atoms with Gasteiger partial charge in [0.1, 0.15) is 0 Å². The van der Waals surface area contributed by atoms with Gasteiger partial charge in [-0.15, -0.1) is 5.10 Å². The first kappa shape index (κ1) is 19.9. The molecule has 0 aliphatic rings. The van der Waals surface area contributed by atoms with Crippen molar-refractivity contribution in [2.45, 2.75) is 40.8 Å². The Kier molecular flexibility index (Phi) is 7.64. The van der Waals surface area contributed by atoms with Gasteiger partial charge in [0.15, 0.2) is 0 Å². The lowest BCUT2D eigenvalue weighted by Gasteiger charge is -2.18. The molecule has 0 aliphatic carbocycles. The molecule has 0 amide bonds. The molecule has 0 spiro atoms. The predicted octanol–water partition coefficient (Wildman–Crippen LogP) is 1.31. The Bertz CT molecular complexity index is 698. The second kappa shape index (κ2) is 9.22. The molecule has 0 atom stereocenters. The van der Waals surface area contributed by atoms with Gasteiger partial charge in [-0.25, -0.2) is 9.48 Å². The van der Waals surface area contributed by atoms with E-state index in [9.17, 15) is 9.59 Å². The maximum atomic E-state index is 12.5. The average Bonchev–Trinajstić information content (AvgIpc) is 2.51. The van der Waals surface area contributed by atoms with Gasteiger partial charge in [-0.3, -0.25) is 9.36 Å². The maximum Gasteiger partial charge on any atom is 0.348 e. The molecule has 0 saturated heterocycles. The van der Waals surface area contributed by atoms with E-state index in [1.54, 1.807) is 6.92 Å². The first-order valence-electron chi connectivity index (χ1n) is 8.27. The van der Waals surface area contributed by atoms with Gasteiger partial charge in [0.2, 0.25) is 5.82 Å². The zero-order chi connectivity index (χ0) is 18.3. The van der Waals surface area contributed by atoms with Crippen LogP contribution >= 0.6 is 0 Å². The van der Waals surface area contributed by atoms with Crippen LogP contribution in [0.3, 0.4) is 0 Å². The van der Waals surface area contributed by atoms with Crippen LogP contribution < -0.4 is 16.6 Å². The zero-order valence-corrected chi connectivity index (χ0v) is 15.3. The fourth-order valence-electron chi connectivity index (χ4n) is 2.31. The molecule has 0 saturated carbocycles. The zero-order valence-electron chi connectivity index (χ0n) is 15.3. The molecular formula is C17H29N5O2. The van der Waals surface area contributed by atoms with Gasteiger partial charge in [-0.1, -0.05) is 38.2 Å². The van der Waals surface area contributed by atoms with E-state index in [4.69, 9.17) is 0 Å². The first-order valence-corrected chi connectivity index (χ1v) is 8.27. The van der Waals surface area contributed by atoms with Crippen LogP contribution in [0.5, 0.6) is 0 Å². The van der Waals surface area contributed by atoms with Gasteiger partial charge in [0.25, 0.3) is 5.56 Å². The first-order chi connectivity index (χ1) is 11.3. The van der Waals surface area contributed by atoms with Crippen LogP contribution in [0.25, 0.3) is 0 Å². The summed E-state index contributed by atoms with van der Waals surface area (Å²) < 4.78 is 2.43. The Morgan fingerprint density at radius 3 is 2.21 bits per heavy atom. The molecule has 0 aliphatic heterocycles. The molecule has 7 nitrogen and oxygen atoms in total. The van der Waals surface area contributed by atoms with Crippen LogP contribution in [-0.4, -0.2) is 45.4 Å². The summed E-state index contributed by atoms with van der Waals surface area (Å²) in [7, 11) is 0. The molecule has 1 N–H and O–H groups in total. The quantitative estimate of drug-likeness (QED) is 0.653. The highest BCUT2D eigenvalue weighted by Gasteiger charge is 2.13. The number of aromatic nitrogens is 3. The lowest BCUT2D eigenvalue weighted by molar-refractivity contribution is 0.315. The summed E-state index contributed by atoms with van der Waals surface area (Å²) >= 11 is 0. The van der Waals surface area contributed by atoms with E-state index in [1.165, 1.54) is 4.68 Å². The van der Waals surface area contributed by atoms with Gasteiger partial charge >= 0.3 is 5.69 Å². The van der Waals surface area contributed by atoms with Crippen molar-refractivity contribution >= 4 is 5.82 Å². The number of nitrogens with one attached hydrogen (secondary N) is 1. The van der Waals surface area contributed by atoms with Crippen molar-refractivity contribution in [2.75, 3.05) is 31.5 Å². The summed E-state index contributed by atoms with van der Waals surface area (Å²) in [6, 6.07) is 0. The summed E-state index contributed by atoms with van der Waals surface area (Å²) in [5, 5.41) is 7.24. The highest BCUT2D eigenvalue weighted by Crippen LogP contribution is 1.97. The second-order valence-electron chi connectivity index (χ2n) is 6.05. The number of hydrogen-bond acceptors (Lipinski definition) is 5. The fourth-order valence-corrected chi connectivity index (χ4v) is 2.31. The minimum absolute atomic E-state index is 0.182. The molecule has 0 unspecified atom stereocenters. The molecule has 0 fully saturated rings. The molecule has 1 rings (SSSR count). The highest BCUT2D eigenvalue weighted by atomic mass is 16.2. The number of allylic oxidation sites excluding steroid dienone is 2. The van der Waals surface area contributed by atoms with E-state index in [0.29, 0.717) is 6.54 Å². The molecule has 0 bridgehead atoms. The van der Waals surface area contributed by atoms with Crippen LogP contribution in [0.4, 0.5) is 5.82 Å². The Labute approximate surface area is 143 Å². The minimum Gasteiger partial charge on any atom is -0.363 e. The van der Waals surface area contributed by atoms with E-state index in [1.807, 2.05) is 6.92 Å². The summed E-state index contributed by atoms with van der Waals surface area (Å²) in [4.78, 5) is 27.2. The smallest absolute Gasteiger partial charge is 0.348 e. The van der Waals surface area contributed by atoms with Crippen molar-refractivity contribution in [3.63, 3.8) is 0 Å². The van der Waals surface area contributed by atoms with E-state index < -0.39 is 11.2 Å². The monoisotopic (exact) mass is 335 g/mol. The van der Waals surface area contributed by atoms with Gasteiger partial charge in [0, 0.05) is 13.1 Å². The number of likely N-dealkylation sites (N-methyl/N-ethyl adjacent to an activating group) is 1. The van der Waals surface area contributed by atoms with Crippen LogP contribution in [0.2, 0.25) is 0 Å². The Balaban J connectivity index is 3.14. The largest absolute Gasteiger partial charge is 0.363 e. The molecule has 0 aromatic carbocycles. The van der Waals surface area contributed by atoms with Gasteiger partial charge in [0.05, 0.1) is 13.1 Å². The molecule has 134 valence electrons. The van der Waals surface area contributed by atoms with Gasteiger partial charge < -0.3 is 10.2 Å². The van der Waals surface area contributed by atoms with E-state index >= 15 is 0 Å². The van der Waals surface area contributed by atoms with Crippen molar-refractivity contribution in [3.8, 4) is 0 Å². The predicted molar refractivity (Wildman–Crippen MR) is 98.7 cm³/mol. The highest BCUT2D eigenvalue weighted by molar-refractivity contribution is 5.29. The SMILES string of the molecule is C=C(C)Cn1nc(NCCN(CC)CC)c(=O)n(CC(=C)C)c1=O. The van der Waals surface area contributed by atoms with Crippen LogP contribution in [0.15, 0.2) is 33.9 Å². The normalized spacial score (nSPS) is 10.9. The Morgan fingerprint density at radius 2 is 1.71 bits per heavy atom. The number of rotatable bonds is 10. The van der Waals surface area contributed by atoms with Gasteiger partial charge in [-0.2, -0.15) is 0 Å². The van der Waals surface area contributed by atoms with Crippen molar-refractivity contribution in [3.05, 3.63) is 45.1 Å². The van der Waals surface area contributed by atoms with Crippen LogP contribution in [0.1, 0.15) is 27.7 Å². The summed E-state index contributed by atoms with van der Waals surface area (Å²) in [6.07, 6.45) is 0. The Morgan fingerprint density at radius 1 is 1.12 bits per heavy atom. The summed E-state index contributed by atoms with van der Waals surface area (Å²) in [5.41, 5.74) is 0.663. The fraction of sp³-hybridized carbons (Fsp3) is 0.588.